The zero-order valence-electron chi connectivity index (χ0n) is 13.1. The van der Waals surface area contributed by atoms with Crippen LogP contribution < -0.4 is 21.3 Å². The van der Waals surface area contributed by atoms with Crippen molar-refractivity contribution in [3.8, 4) is 0 Å². The Bertz CT molecular complexity index is 527. The zero-order chi connectivity index (χ0) is 16.2. The number of carbonyl (C=O) groups excluding carboxylic acids is 2. The fraction of sp³-hybridized carbons (Fsp3) is 0.538. The number of nitrogen functional groups attached to an aromatic ring is 1. The molecule has 8 heteroatoms. The molecule has 0 aliphatic rings. The van der Waals surface area contributed by atoms with Gasteiger partial charge in [-0.3, -0.25) is 9.59 Å². The van der Waals surface area contributed by atoms with Gasteiger partial charge >= 0.3 is 0 Å². The standard InChI is InChI=1S/C13H23N5O2S/c1-15-11(19)8-9(14)10(12(20)16-2)21-13(8)18(5)7-6-17(3)4/h6-7,14H2,1-5H3,(H,15,19)(H,16,20). The average molecular weight is 313 g/mol. The van der Waals surface area contributed by atoms with Crippen LogP contribution in [0.1, 0.15) is 20.0 Å². The van der Waals surface area contributed by atoms with E-state index in [-0.39, 0.29) is 17.5 Å². The number of rotatable bonds is 6. The van der Waals surface area contributed by atoms with E-state index in [0.29, 0.717) is 15.4 Å². The van der Waals surface area contributed by atoms with Crippen LogP contribution in [0, 0.1) is 0 Å². The highest BCUT2D eigenvalue weighted by Gasteiger charge is 2.26. The maximum Gasteiger partial charge on any atom is 0.263 e. The third-order valence-corrected chi connectivity index (χ3v) is 4.36. The van der Waals surface area contributed by atoms with Crippen molar-refractivity contribution in [2.75, 3.05) is 59.0 Å². The van der Waals surface area contributed by atoms with E-state index in [9.17, 15) is 9.59 Å². The fourth-order valence-corrected chi connectivity index (χ4v) is 2.93. The lowest BCUT2D eigenvalue weighted by Crippen LogP contribution is -2.30. The molecule has 0 aromatic carbocycles. The smallest absolute Gasteiger partial charge is 0.263 e. The summed E-state index contributed by atoms with van der Waals surface area (Å²) in [6, 6.07) is 0. The van der Waals surface area contributed by atoms with Crippen LogP contribution in [0.15, 0.2) is 0 Å². The molecule has 0 aliphatic carbocycles. The van der Waals surface area contributed by atoms with Crippen LogP contribution in [0.25, 0.3) is 0 Å². The van der Waals surface area contributed by atoms with E-state index < -0.39 is 0 Å². The maximum absolute atomic E-state index is 12.1. The number of thiophene rings is 1. The van der Waals surface area contributed by atoms with Gasteiger partial charge in [0, 0.05) is 34.2 Å². The summed E-state index contributed by atoms with van der Waals surface area (Å²) < 4.78 is 0. The summed E-state index contributed by atoms with van der Waals surface area (Å²) in [5.41, 5.74) is 6.59. The molecule has 0 radical (unpaired) electrons. The van der Waals surface area contributed by atoms with Crippen molar-refractivity contribution >= 4 is 33.8 Å². The third kappa shape index (κ3) is 3.85. The van der Waals surface area contributed by atoms with Gasteiger partial charge in [0.1, 0.15) is 9.88 Å². The number of nitrogens with zero attached hydrogens (tertiary/aromatic N) is 2. The van der Waals surface area contributed by atoms with E-state index in [1.807, 2.05) is 30.9 Å². The zero-order valence-corrected chi connectivity index (χ0v) is 13.9. The second kappa shape index (κ2) is 7.28. The highest BCUT2D eigenvalue weighted by molar-refractivity contribution is 7.19. The van der Waals surface area contributed by atoms with E-state index in [1.165, 1.54) is 18.4 Å². The van der Waals surface area contributed by atoms with E-state index in [1.54, 1.807) is 7.05 Å². The normalized spacial score (nSPS) is 10.6. The minimum atomic E-state index is -0.286. The minimum Gasteiger partial charge on any atom is -0.397 e. The summed E-state index contributed by atoms with van der Waals surface area (Å²) in [6.07, 6.45) is 0. The third-order valence-electron chi connectivity index (χ3n) is 3.04. The molecule has 0 bridgehead atoms. The van der Waals surface area contributed by atoms with Gasteiger partial charge in [0.05, 0.1) is 11.3 Å². The lowest BCUT2D eigenvalue weighted by atomic mass is 10.2. The van der Waals surface area contributed by atoms with Gasteiger partial charge in [0.25, 0.3) is 11.8 Å². The quantitative estimate of drug-likeness (QED) is 0.690. The Labute approximate surface area is 129 Å². The first-order chi connectivity index (χ1) is 9.83. The molecule has 0 saturated heterocycles. The Balaban J connectivity index is 3.22. The van der Waals surface area contributed by atoms with Gasteiger partial charge in [-0.25, -0.2) is 0 Å². The van der Waals surface area contributed by atoms with Crippen LogP contribution in [0.4, 0.5) is 10.7 Å². The van der Waals surface area contributed by atoms with Crippen molar-refractivity contribution in [2.45, 2.75) is 0 Å². The van der Waals surface area contributed by atoms with Gasteiger partial charge in [-0.2, -0.15) is 0 Å². The Hall–Kier alpha value is -1.80. The predicted molar refractivity (Wildman–Crippen MR) is 87.3 cm³/mol. The summed E-state index contributed by atoms with van der Waals surface area (Å²) in [7, 11) is 8.92. The Morgan fingerprint density at radius 2 is 1.67 bits per heavy atom. The SMILES string of the molecule is CNC(=O)c1sc(N(C)CCN(C)C)c(C(=O)NC)c1N. The molecule has 0 saturated carbocycles. The van der Waals surface area contributed by atoms with Crippen LogP contribution in [0.2, 0.25) is 0 Å². The largest absolute Gasteiger partial charge is 0.397 e. The molecule has 0 unspecified atom stereocenters. The van der Waals surface area contributed by atoms with Crippen LogP contribution in [-0.4, -0.2) is 65.0 Å². The van der Waals surface area contributed by atoms with Gasteiger partial charge in [-0.1, -0.05) is 0 Å². The molecule has 1 heterocycles. The van der Waals surface area contributed by atoms with E-state index in [2.05, 4.69) is 10.6 Å². The number of nitrogens with two attached hydrogens (primary N) is 1. The van der Waals surface area contributed by atoms with Gasteiger partial charge in [-0.15, -0.1) is 11.3 Å². The molecule has 4 N–H and O–H groups in total. The van der Waals surface area contributed by atoms with Gasteiger partial charge < -0.3 is 26.2 Å². The average Bonchev–Trinajstić information content (AvgIpc) is 2.80. The highest BCUT2D eigenvalue weighted by Crippen LogP contribution is 2.37. The molecule has 0 atom stereocenters. The molecule has 0 spiro atoms. The van der Waals surface area contributed by atoms with Crippen molar-refractivity contribution in [1.29, 1.82) is 0 Å². The summed E-state index contributed by atoms with van der Waals surface area (Å²) in [5.74, 6) is -0.569. The molecule has 21 heavy (non-hydrogen) atoms. The van der Waals surface area contributed by atoms with Crippen LogP contribution in [0.3, 0.4) is 0 Å². The molecular formula is C13H23N5O2S. The highest BCUT2D eigenvalue weighted by atomic mass is 32.1. The molecule has 1 aromatic heterocycles. The molecule has 1 aromatic rings. The summed E-state index contributed by atoms with van der Waals surface area (Å²) in [6.45, 7) is 1.56. The molecule has 118 valence electrons. The van der Waals surface area contributed by atoms with Gasteiger partial charge in [0.15, 0.2) is 0 Å². The monoisotopic (exact) mass is 313 g/mol. The second-order valence-corrected chi connectivity index (χ2v) is 5.91. The Kier molecular flexibility index (Phi) is 5.98. The fourth-order valence-electron chi connectivity index (χ4n) is 1.78. The summed E-state index contributed by atoms with van der Waals surface area (Å²) in [5, 5.41) is 5.81. The van der Waals surface area contributed by atoms with E-state index in [4.69, 9.17) is 5.73 Å². The molecule has 1 rings (SSSR count). The topological polar surface area (TPSA) is 90.7 Å². The number of nitrogens with one attached hydrogen (secondary N) is 2. The lowest BCUT2D eigenvalue weighted by Gasteiger charge is -2.21. The number of hydrogen-bond acceptors (Lipinski definition) is 6. The minimum absolute atomic E-state index is 0.227. The van der Waals surface area contributed by atoms with Crippen molar-refractivity contribution < 1.29 is 9.59 Å². The number of amides is 2. The number of carbonyl (C=O) groups is 2. The van der Waals surface area contributed by atoms with Gasteiger partial charge in [0.2, 0.25) is 0 Å². The van der Waals surface area contributed by atoms with Crippen LogP contribution in [-0.2, 0) is 0 Å². The molecule has 2 amide bonds. The van der Waals surface area contributed by atoms with Gasteiger partial charge in [-0.05, 0) is 14.1 Å². The molecule has 0 fully saturated rings. The van der Waals surface area contributed by atoms with Crippen molar-refractivity contribution in [3.63, 3.8) is 0 Å². The maximum atomic E-state index is 12.1. The molecule has 0 aliphatic heterocycles. The van der Waals surface area contributed by atoms with Crippen molar-refractivity contribution in [1.82, 2.24) is 15.5 Å². The van der Waals surface area contributed by atoms with Crippen molar-refractivity contribution in [3.05, 3.63) is 10.4 Å². The van der Waals surface area contributed by atoms with Crippen LogP contribution >= 0.6 is 11.3 Å². The first-order valence-electron chi connectivity index (χ1n) is 6.55. The first-order valence-corrected chi connectivity index (χ1v) is 7.37. The first kappa shape index (κ1) is 17.3. The number of likely N-dealkylation sites (N-methyl/N-ethyl adjacent to an activating group) is 2. The van der Waals surface area contributed by atoms with E-state index in [0.717, 1.165) is 13.1 Å². The second-order valence-electron chi connectivity index (χ2n) is 4.91. The van der Waals surface area contributed by atoms with Crippen LogP contribution in [0.5, 0.6) is 0 Å². The summed E-state index contributed by atoms with van der Waals surface area (Å²) >= 11 is 1.23. The lowest BCUT2D eigenvalue weighted by molar-refractivity contribution is 0.0963. The van der Waals surface area contributed by atoms with Crippen molar-refractivity contribution in [2.24, 2.45) is 0 Å². The molecule has 7 nitrogen and oxygen atoms in total. The Morgan fingerprint density at radius 1 is 1.10 bits per heavy atom. The molecular weight excluding hydrogens is 290 g/mol. The number of anilines is 2. The Morgan fingerprint density at radius 3 is 2.14 bits per heavy atom. The summed E-state index contributed by atoms with van der Waals surface area (Å²) in [4.78, 5) is 28.3. The van der Waals surface area contributed by atoms with E-state index >= 15 is 0 Å². The number of hydrogen-bond donors (Lipinski definition) is 3. The predicted octanol–water partition coefficient (Wildman–Crippen LogP) is 0.0473.